The summed E-state index contributed by atoms with van der Waals surface area (Å²) in [4.78, 5) is 11.3. The Kier molecular flexibility index (Phi) is 6.33. The van der Waals surface area contributed by atoms with E-state index in [9.17, 15) is 0 Å². The van der Waals surface area contributed by atoms with E-state index < -0.39 is 0 Å². The summed E-state index contributed by atoms with van der Waals surface area (Å²) in [6.07, 6.45) is 2.50. The third-order valence-corrected chi connectivity index (χ3v) is 3.89. The number of aromatic nitrogens is 2. The van der Waals surface area contributed by atoms with Crippen LogP contribution in [0.3, 0.4) is 0 Å². The third-order valence-electron chi connectivity index (χ3n) is 3.64. The molecule has 1 aliphatic heterocycles. The fourth-order valence-electron chi connectivity index (χ4n) is 2.58. The van der Waals surface area contributed by atoms with Crippen LogP contribution in [0.5, 0.6) is 0 Å². The predicted molar refractivity (Wildman–Crippen MR) is 93.5 cm³/mol. The van der Waals surface area contributed by atoms with E-state index in [-0.39, 0.29) is 0 Å². The van der Waals surface area contributed by atoms with Gasteiger partial charge in [-0.1, -0.05) is 6.92 Å². The highest BCUT2D eigenvalue weighted by Gasteiger charge is 2.18. The van der Waals surface area contributed by atoms with Crippen molar-refractivity contribution in [1.82, 2.24) is 15.3 Å². The van der Waals surface area contributed by atoms with Gasteiger partial charge in [0.1, 0.15) is 5.82 Å². The van der Waals surface area contributed by atoms with Crippen molar-refractivity contribution in [3.05, 3.63) is 11.8 Å². The van der Waals surface area contributed by atoms with Crippen LogP contribution in [0.4, 0.5) is 11.8 Å². The summed E-state index contributed by atoms with van der Waals surface area (Å²) in [6.45, 7) is 7.63. The Labute approximate surface area is 137 Å². The van der Waals surface area contributed by atoms with Crippen molar-refractivity contribution in [2.45, 2.75) is 26.7 Å². The van der Waals surface area contributed by atoms with Gasteiger partial charge in [-0.3, -0.25) is 0 Å². The molecule has 1 saturated heterocycles. The van der Waals surface area contributed by atoms with Crippen molar-refractivity contribution in [3.8, 4) is 0 Å². The molecule has 0 saturated carbocycles. The molecule has 0 bridgehead atoms. The number of methoxy groups -OCH3 is 1. The first-order valence-electron chi connectivity index (χ1n) is 7.73. The van der Waals surface area contributed by atoms with Crippen molar-refractivity contribution in [3.63, 3.8) is 0 Å². The van der Waals surface area contributed by atoms with E-state index in [2.05, 4.69) is 32.4 Å². The molecule has 1 aromatic rings. The van der Waals surface area contributed by atoms with Gasteiger partial charge in [-0.05, 0) is 37.9 Å². The lowest BCUT2D eigenvalue weighted by molar-refractivity contribution is 0.204. The second-order valence-electron chi connectivity index (χ2n) is 5.76. The Morgan fingerprint density at radius 3 is 3.05 bits per heavy atom. The lowest BCUT2D eigenvalue weighted by Crippen LogP contribution is -2.35. The van der Waals surface area contributed by atoms with Gasteiger partial charge in [0.05, 0.1) is 6.61 Å². The van der Waals surface area contributed by atoms with Crippen molar-refractivity contribution >= 4 is 29.1 Å². The number of nitrogens with one attached hydrogen (secondary N) is 2. The Bertz CT molecular complexity index is 511. The van der Waals surface area contributed by atoms with E-state index in [0.29, 0.717) is 30.1 Å². The number of aryl methyl sites for hydroxylation is 1. The van der Waals surface area contributed by atoms with Gasteiger partial charge in [0.25, 0.3) is 0 Å². The number of ether oxygens (including phenoxy) is 1. The van der Waals surface area contributed by atoms with Crippen molar-refractivity contribution < 1.29 is 4.74 Å². The van der Waals surface area contributed by atoms with E-state index in [1.54, 1.807) is 7.11 Å². The van der Waals surface area contributed by atoms with Gasteiger partial charge in [-0.25, -0.2) is 4.98 Å². The van der Waals surface area contributed by atoms with Crippen LogP contribution in [0.2, 0.25) is 0 Å². The molecule has 0 amide bonds. The van der Waals surface area contributed by atoms with E-state index in [0.717, 1.165) is 24.6 Å². The van der Waals surface area contributed by atoms with Gasteiger partial charge >= 0.3 is 0 Å². The maximum atomic E-state index is 5.24. The zero-order valence-corrected chi connectivity index (χ0v) is 14.4. The molecule has 0 spiro atoms. The fourth-order valence-corrected chi connectivity index (χ4v) is 2.77. The number of anilines is 2. The predicted octanol–water partition coefficient (Wildman–Crippen LogP) is 1.95. The Morgan fingerprint density at radius 1 is 1.50 bits per heavy atom. The number of piperidine rings is 1. The Balaban J connectivity index is 2.01. The first-order valence-corrected chi connectivity index (χ1v) is 8.13. The molecule has 1 aliphatic rings. The number of hydrogen-bond acceptors (Lipinski definition) is 5. The Hall–Kier alpha value is -1.47. The average Bonchev–Trinajstić information content (AvgIpc) is 2.47. The molecule has 1 atom stereocenters. The third kappa shape index (κ3) is 5.06. The molecule has 2 rings (SSSR count). The molecule has 0 unspecified atom stereocenters. The van der Waals surface area contributed by atoms with Crippen LogP contribution in [0.25, 0.3) is 0 Å². The summed E-state index contributed by atoms with van der Waals surface area (Å²) < 4.78 is 4.98. The number of hydrogen-bond donors (Lipinski definition) is 2. The largest absolute Gasteiger partial charge is 0.383 e. The maximum absolute atomic E-state index is 5.24. The minimum Gasteiger partial charge on any atom is -0.383 e. The van der Waals surface area contributed by atoms with Gasteiger partial charge in [-0.2, -0.15) is 4.98 Å². The number of nitrogens with zero attached hydrogens (tertiary/aromatic N) is 3. The molecule has 0 aliphatic carbocycles. The van der Waals surface area contributed by atoms with Crippen molar-refractivity contribution in [1.29, 1.82) is 0 Å². The summed E-state index contributed by atoms with van der Waals surface area (Å²) in [5.41, 5.74) is 0.936. The van der Waals surface area contributed by atoms with Crippen LogP contribution >= 0.6 is 12.2 Å². The van der Waals surface area contributed by atoms with Gasteiger partial charge in [0.15, 0.2) is 5.11 Å². The standard InChI is InChI=1S/C15H25N5OS/c1-11-5-4-7-20(10-11)13-9-12(2)17-14(18-13)19-15(22)16-6-8-21-3/h9,11H,4-8,10H2,1-3H3,(H2,16,17,18,19,22)/t11-/m1/s1. The zero-order valence-electron chi connectivity index (χ0n) is 13.6. The summed E-state index contributed by atoms with van der Waals surface area (Å²) >= 11 is 5.24. The van der Waals surface area contributed by atoms with E-state index in [1.165, 1.54) is 12.8 Å². The van der Waals surface area contributed by atoms with E-state index in [4.69, 9.17) is 17.0 Å². The molecule has 1 aromatic heterocycles. The first kappa shape index (κ1) is 16.9. The van der Waals surface area contributed by atoms with Gasteiger partial charge in [0.2, 0.25) is 5.95 Å². The number of thiocarbonyl (C=S) groups is 1. The lowest BCUT2D eigenvalue weighted by Gasteiger charge is -2.32. The van der Waals surface area contributed by atoms with Gasteiger partial charge in [-0.15, -0.1) is 0 Å². The molecular weight excluding hydrogens is 298 g/mol. The van der Waals surface area contributed by atoms with Crippen LogP contribution in [0, 0.1) is 12.8 Å². The van der Waals surface area contributed by atoms with E-state index >= 15 is 0 Å². The van der Waals surface area contributed by atoms with Gasteiger partial charge < -0.3 is 20.3 Å². The van der Waals surface area contributed by atoms with Gasteiger partial charge in [0, 0.05) is 38.5 Å². The normalized spacial score (nSPS) is 18.1. The quantitative estimate of drug-likeness (QED) is 0.634. The molecule has 0 aromatic carbocycles. The number of rotatable bonds is 5. The summed E-state index contributed by atoms with van der Waals surface area (Å²) in [7, 11) is 1.66. The summed E-state index contributed by atoms with van der Waals surface area (Å²) in [5.74, 6) is 2.22. The minimum atomic E-state index is 0.514. The van der Waals surface area contributed by atoms with Crippen LogP contribution in [-0.4, -0.2) is 48.4 Å². The molecule has 1 fully saturated rings. The SMILES string of the molecule is COCCNC(=S)Nc1nc(C)cc(N2CCC[C@@H](C)C2)n1. The summed E-state index contributed by atoms with van der Waals surface area (Å²) in [5, 5.41) is 6.62. The van der Waals surface area contributed by atoms with Crippen molar-refractivity contribution in [2.24, 2.45) is 5.92 Å². The fraction of sp³-hybridized carbons (Fsp3) is 0.667. The molecule has 22 heavy (non-hydrogen) atoms. The molecule has 7 heteroatoms. The van der Waals surface area contributed by atoms with Crippen LogP contribution in [0.15, 0.2) is 6.07 Å². The van der Waals surface area contributed by atoms with Crippen LogP contribution < -0.4 is 15.5 Å². The highest BCUT2D eigenvalue weighted by atomic mass is 32.1. The maximum Gasteiger partial charge on any atom is 0.231 e. The average molecular weight is 323 g/mol. The smallest absolute Gasteiger partial charge is 0.231 e. The molecule has 2 heterocycles. The highest BCUT2D eigenvalue weighted by molar-refractivity contribution is 7.80. The topological polar surface area (TPSA) is 62.3 Å². The molecule has 2 N–H and O–H groups in total. The molecule has 0 radical (unpaired) electrons. The zero-order chi connectivity index (χ0) is 15.9. The Morgan fingerprint density at radius 2 is 2.32 bits per heavy atom. The monoisotopic (exact) mass is 323 g/mol. The molecule has 6 nitrogen and oxygen atoms in total. The summed E-state index contributed by atoms with van der Waals surface area (Å²) in [6, 6.07) is 2.03. The van der Waals surface area contributed by atoms with Crippen LogP contribution in [0.1, 0.15) is 25.5 Å². The second-order valence-corrected chi connectivity index (χ2v) is 6.17. The van der Waals surface area contributed by atoms with Crippen molar-refractivity contribution in [2.75, 3.05) is 43.6 Å². The molecule has 122 valence electrons. The molecular formula is C15H25N5OS. The lowest BCUT2D eigenvalue weighted by atomic mass is 10.0. The minimum absolute atomic E-state index is 0.514. The van der Waals surface area contributed by atoms with Crippen LogP contribution in [-0.2, 0) is 4.74 Å². The second kappa shape index (κ2) is 8.24. The van der Waals surface area contributed by atoms with E-state index in [1.807, 2.05) is 13.0 Å². The highest BCUT2D eigenvalue weighted by Crippen LogP contribution is 2.22. The first-order chi connectivity index (χ1) is 10.6.